The van der Waals surface area contributed by atoms with Gasteiger partial charge < -0.3 is 24.6 Å². The molecule has 1 aromatic carbocycles. The number of nitrogens with one attached hydrogen (secondary N) is 1. The normalized spacial score (nSPS) is 11.5. The van der Waals surface area contributed by atoms with Crippen molar-refractivity contribution in [2.24, 2.45) is 12.0 Å². The Hall–Kier alpha value is -2.34. The Bertz CT molecular complexity index is 727. The summed E-state index contributed by atoms with van der Waals surface area (Å²) in [6, 6.07) is 7.07. The number of ether oxygens (including phenoxy) is 1. The molecule has 0 saturated heterocycles. The molecule has 2 N–H and O–H groups in total. The minimum Gasteiger partial charge on any atom is -0.508 e. The van der Waals surface area contributed by atoms with Crippen molar-refractivity contribution >= 4 is 17.6 Å². The van der Waals surface area contributed by atoms with Gasteiger partial charge in [-0.2, -0.15) is 0 Å². The summed E-state index contributed by atoms with van der Waals surface area (Å²) in [5.74, 6) is 1.64. The van der Waals surface area contributed by atoms with Gasteiger partial charge >= 0.3 is 0 Å². The van der Waals surface area contributed by atoms with Crippen LogP contribution in [-0.4, -0.2) is 41.7 Å². The van der Waals surface area contributed by atoms with E-state index in [0.29, 0.717) is 23.9 Å². The largest absolute Gasteiger partial charge is 0.508 e. The van der Waals surface area contributed by atoms with Gasteiger partial charge in [0.05, 0.1) is 18.7 Å². The van der Waals surface area contributed by atoms with Gasteiger partial charge in [0.25, 0.3) is 0 Å². The zero-order valence-electron chi connectivity index (χ0n) is 14.4. The fourth-order valence-electron chi connectivity index (χ4n) is 2.43. The van der Waals surface area contributed by atoms with Crippen molar-refractivity contribution in [2.45, 2.75) is 13.1 Å². The van der Waals surface area contributed by atoms with Gasteiger partial charge in [0.2, 0.25) is 0 Å². The third-order valence-electron chi connectivity index (χ3n) is 3.77. The lowest BCUT2D eigenvalue weighted by molar-refractivity contribution is 0.410. The highest BCUT2D eigenvalue weighted by Gasteiger charge is 2.11. The molecule has 7 heteroatoms. The summed E-state index contributed by atoms with van der Waals surface area (Å²) < 4.78 is 7.18. The first-order valence-electron chi connectivity index (χ1n) is 7.53. The number of guanidine groups is 1. The number of phenols is 1. The van der Waals surface area contributed by atoms with Gasteiger partial charge in [-0.25, -0.2) is 0 Å². The number of hydrogen-bond donors (Lipinski definition) is 2. The van der Waals surface area contributed by atoms with Crippen LogP contribution in [0.1, 0.15) is 11.3 Å². The first-order valence-corrected chi connectivity index (χ1v) is 7.90. The summed E-state index contributed by atoms with van der Waals surface area (Å²) in [5.41, 5.74) is 1.82. The number of aromatic hydroxyl groups is 1. The van der Waals surface area contributed by atoms with Gasteiger partial charge in [0.1, 0.15) is 11.5 Å². The molecule has 1 heterocycles. The number of rotatable bonds is 5. The van der Waals surface area contributed by atoms with Crippen molar-refractivity contribution in [1.82, 2.24) is 14.8 Å². The molecule has 2 rings (SSSR count). The average molecular weight is 351 g/mol. The van der Waals surface area contributed by atoms with Crippen LogP contribution in [0, 0.1) is 0 Å². The molecule has 0 atom stereocenters. The van der Waals surface area contributed by atoms with Crippen LogP contribution in [0.25, 0.3) is 0 Å². The van der Waals surface area contributed by atoms with Gasteiger partial charge in [-0.15, -0.1) is 0 Å². The molecule has 6 nitrogen and oxygen atoms in total. The third-order valence-corrected chi connectivity index (χ3v) is 3.98. The van der Waals surface area contributed by atoms with Crippen molar-refractivity contribution in [3.8, 4) is 11.5 Å². The number of aryl methyl sites for hydroxylation is 1. The molecule has 24 heavy (non-hydrogen) atoms. The number of nitrogens with zero attached hydrogens (tertiary/aromatic N) is 3. The SMILES string of the molecule is CN=C(NCc1cc(OC)ccc1O)N(C)Cc1cc(Cl)cn1C. The maximum Gasteiger partial charge on any atom is 0.194 e. The standard InChI is InChI=1S/C17H23ClN4O2/c1-19-17(22(3)11-14-8-13(18)10-21(14)2)20-9-12-7-15(24-4)5-6-16(12)23/h5-8,10,23H,9,11H2,1-4H3,(H,19,20). The molecule has 0 aliphatic carbocycles. The first-order chi connectivity index (χ1) is 11.4. The quantitative estimate of drug-likeness (QED) is 0.642. The minimum atomic E-state index is 0.218. The summed E-state index contributed by atoms with van der Waals surface area (Å²) >= 11 is 6.02. The van der Waals surface area contributed by atoms with Crippen LogP contribution in [0.4, 0.5) is 0 Å². The van der Waals surface area contributed by atoms with Crippen LogP contribution < -0.4 is 10.1 Å². The van der Waals surface area contributed by atoms with Crippen molar-refractivity contribution in [1.29, 1.82) is 0 Å². The Morgan fingerprint density at radius 1 is 1.42 bits per heavy atom. The zero-order chi connectivity index (χ0) is 17.7. The number of phenolic OH excluding ortho intramolecular Hbond substituents is 1. The second-order valence-electron chi connectivity index (χ2n) is 5.51. The summed E-state index contributed by atoms with van der Waals surface area (Å²) in [6.07, 6.45) is 1.87. The molecule has 0 saturated carbocycles. The summed E-state index contributed by atoms with van der Waals surface area (Å²) in [5, 5.41) is 13.9. The van der Waals surface area contributed by atoms with E-state index in [1.807, 2.05) is 35.8 Å². The van der Waals surface area contributed by atoms with Crippen molar-refractivity contribution in [2.75, 3.05) is 21.2 Å². The van der Waals surface area contributed by atoms with Crippen molar-refractivity contribution in [3.63, 3.8) is 0 Å². The second-order valence-corrected chi connectivity index (χ2v) is 5.95. The van der Waals surface area contributed by atoms with E-state index in [9.17, 15) is 5.11 Å². The van der Waals surface area contributed by atoms with Crippen LogP contribution in [0.5, 0.6) is 11.5 Å². The molecular weight excluding hydrogens is 328 g/mol. The fraction of sp³-hybridized carbons (Fsp3) is 0.353. The molecule has 0 aliphatic heterocycles. The van der Waals surface area contributed by atoms with Crippen LogP contribution in [0.2, 0.25) is 5.02 Å². The van der Waals surface area contributed by atoms with Crippen molar-refractivity contribution < 1.29 is 9.84 Å². The monoisotopic (exact) mass is 350 g/mol. The maximum absolute atomic E-state index is 9.96. The molecule has 0 bridgehead atoms. The van der Waals surface area contributed by atoms with Crippen molar-refractivity contribution in [3.05, 3.63) is 46.7 Å². The van der Waals surface area contributed by atoms with Crippen LogP contribution in [-0.2, 0) is 20.1 Å². The Labute approximate surface area is 147 Å². The molecule has 0 unspecified atom stereocenters. The first kappa shape index (κ1) is 18.0. The van der Waals surface area contributed by atoms with Crippen LogP contribution in [0.3, 0.4) is 0 Å². The highest BCUT2D eigenvalue weighted by Crippen LogP contribution is 2.22. The van der Waals surface area contributed by atoms with Gasteiger partial charge in [-0.05, 0) is 24.3 Å². The maximum atomic E-state index is 9.96. The van der Waals surface area contributed by atoms with Gasteiger partial charge in [-0.1, -0.05) is 11.6 Å². The topological polar surface area (TPSA) is 62.0 Å². The Morgan fingerprint density at radius 2 is 2.17 bits per heavy atom. The number of methoxy groups -OCH3 is 1. The van der Waals surface area contributed by atoms with E-state index < -0.39 is 0 Å². The summed E-state index contributed by atoms with van der Waals surface area (Å²) in [6.45, 7) is 1.10. The smallest absolute Gasteiger partial charge is 0.194 e. The predicted molar refractivity (Wildman–Crippen MR) is 96.7 cm³/mol. The molecule has 0 aliphatic rings. The average Bonchev–Trinajstić information content (AvgIpc) is 2.87. The number of halogens is 1. The lowest BCUT2D eigenvalue weighted by Gasteiger charge is -2.22. The zero-order valence-corrected chi connectivity index (χ0v) is 15.1. The van der Waals surface area contributed by atoms with E-state index in [1.54, 1.807) is 32.4 Å². The van der Waals surface area contributed by atoms with Crippen LogP contribution in [0.15, 0.2) is 35.5 Å². The van der Waals surface area contributed by atoms with Gasteiger partial charge in [0.15, 0.2) is 5.96 Å². The molecular formula is C17H23ClN4O2. The van der Waals surface area contributed by atoms with E-state index in [-0.39, 0.29) is 5.75 Å². The lowest BCUT2D eigenvalue weighted by Crippen LogP contribution is -2.38. The molecule has 0 radical (unpaired) electrons. The number of aromatic nitrogens is 1. The van der Waals surface area contributed by atoms with E-state index >= 15 is 0 Å². The number of benzene rings is 1. The minimum absolute atomic E-state index is 0.218. The summed E-state index contributed by atoms with van der Waals surface area (Å²) in [4.78, 5) is 6.27. The van der Waals surface area contributed by atoms with Gasteiger partial charge in [0, 0.05) is 45.1 Å². The van der Waals surface area contributed by atoms with Gasteiger partial charge in [-0.3, -0.25) is 4.99 Å². The number of aliphatic imine (C=N–C) groups is 1. The van der Waals surface area contributed by atoms with Crippen LogP contribution >= 0.6 is 11.6 Å². The molecule has 0 spiro atoms. The molecule has 0 amide bonds. The van der Waals surface area contributed by atoms with E-state index in [2.05, 4.69) is 10.3 Å². The third kappa shape index (κ3) is 4.35. The Balaban J connectivity index is 2.03. The highest BCUT2D eigenvalue weighted by molar-refractivity contribution is 6.30. The Kier molecular flexibility index (Phi) is 5.98. The molecule has 130 valence electrons. The predicted octanol–water partition coefficient (Wildman–Crippen LogP) is 2.60. The number of hydrogen-bond acceptors (Lipinski definition) is 3. The molecule has 0 fully saturated rings. The molecule has 1 aromatic heterocycles. The highest BCUT2D eigenvalue weighted by atomic mass is 35.5. The van der Waals surface area contributed by atoms with E-state index in [0.717, 1.165) is 17.2 Å². The lowest BCUT2D eigenvalue weighted by atomic mass is 10.2. The fourth-order valence-corrected chi connectivity index (χ4v) is 2.70. The van der Waals surface area contributed by atoms with E-state index in [4.69, 9.17) is 16.3 Å². The molecule has 2 aromatic rings. The Morgan fingerprint density at radius 3 is 2.75 bits per heavy atom. The van der Waals surface area contributed by atoms with E-state index in [1.165, 1.54) is 0 Å². The summed E-state index contributed by atoms with van der Waals surface area (Å²) in [7, 11) is 7.23. The second kappa shape index (κ2) is 7.97.